The van der Waals surface area contributed by atoms with Crippen LogP contribution in [0.15, 0.2) is 24.3 Å². The van der Waals surface area contributed by atoms with Gasteiger partial charge in [-0.15, -0.1) is 0 Å². The normalized spacial score (nSPS) is 14.1. The Kier molecular flexibility index (Phi) is 5.16. The van der Waals surface area contributed by atoms with Gasteiger partial charge in [-0.2, -0.15) is 0 Å². The van der Waals surface area contributed by atoms with Gasteiger partial charge < -0.3 is 11.1 Å². The van der Waals surface area contributed by atoms with Crippen molar-refractivity contribution in [2.75, 3.05) is 6.54 Å². The molecule has 0 heterocycles. The van der Waals surface area contributed by atoms with Gasteiger partial charge in [-0.3, -0.25) is 4.79 Å². The lowest BCUT2D eigenvalue weighted by atomic mass is 10.0. The van der Waals surface area contributed by atoms with Crippen molar-refractivity contribution >= 4 is 5.91 Å². The molecule has 0 spiro atoms. The maximum atomic E-state index is 11.7. The van der Waals surface area contributed by atoms with Crippen molar-refractivity contribution in [1.82, 2.24) is 5.32 Å². The molecule has 1 unspecified atom stereocenters. The molecule has 3 N–H and O–H groups in total. The monoisotopic (exact) mass is 234 g/mol. The quantitative estimate of drug-likeness (QED) is 0.820. The van der Waals surface area contributed by atoms with Crippen molar-refractivity contribution in [3.63, 3.8) is 0 Å². The predicted molar refractivity (Wildman–Crippen MR) is 70.6 cm³/mol. The van der Waals surface area contributed by atoms with Gasteiger partial charge in [-0.1, -0.05) is 31.2 Å². The fourth-order valence-electron chi connectivity index (χ4n) is 1.85. The van der Waals surface area contributed by atoms with Crippen LogP contribution < -0.4 is 11.1 Å². The number of hydrogen-bond acceptors (Lipinski definition) is 2. The van der Waals surface area contributed by atoms with Gasteiger partial charge in [0.1, 0.15) is 0 Å². The molecule has 1 amide bonds. The van der Waals surface area contributed by atoms with Crippen molar-refractivity contribution < 1.29 is 4.79 Å². The second kappa shape index (κ2) is 6.40. The van der Waals surface area contributed by atoms with E-state index in [0.717, 1.165) is 0 Å². The molecule has 0 aliphatic heterocycles. The van der Waals surface area contributed by atoms with E-state index >= 15 is 0 Å². The first-order valence-electron chi connectivity index (χ1n) is 6.09. The highest BCUT2D eigenvalue weighted by Gasteiger charge is 2.13. The Bertz CT molecular complexity index is 376. The van der Waals surface area contributed by atoms with E-state index in [1.54, 1.807) is 0 Å². The molecular formula is C14H22N2O. The highest BCUT2D eigenvalue weighted by atomic mass is 16.1. The van der Waals surface area contributed by atoms with Crippen molar-refractivity contribution in [2.45, 2.75) is 33.2 Å². The maximum Gasteiger partial charge on any atom is 0.220 e. The van der Waals surface area contributed by atoms with E-state index in [9.17, 15) is 4.79 Å². The molecule has 1 rings (SSSR count). The molecule has 0 fully saturated rings. The lowest BCUT2D eigenvalue weighted by molar-refractivity contribution is -0.122. The summed E-state index contributed by atoms with van der Waals surface area (Å²) < 4.78 is 0. The molecule has 0 aromatic heterocycles. The number of nitrogens with two attached hydrogens (primary N) is 1. The summed E-state index contributed by atoms with van der Waals surface area (Å²) in [5, 5.41) is 3.01. The Hall–Kier alpha value is -1.35. The van der Waals surface area contributed by atoms with Crippen LogP contribution in [-0.4, -0.2) is 12.5 Å². The number of amides is 1. The smallest absolute Gasteiger partial charge is 0.220 e. The second-order valence-electron chi connectivity index (χ2n) is 4.69. The number of benzene rings is 1. The third-order valence-electron chi connectivity index (χ3n) is 2.97. The average Bonchev–Trinajstić information content (AvgIpc) is 2.29. The molecular weight excluding hydrogens is 212 g/mol. The Morgan fingerprint density at radius 3 is 2.59 bits per heavy atom. The Morgan fingerprint density at radius 1 is 1.35 bits per heavy atom. The van der Waals surface area contributed by atoms with E-state index in [1.165, 1.54) is 11.1 Å². The van der Waals surface area contributed by atoms with E-state index in [0.29, 0.717) is 13.0 Å². The lowest BCUT2D eigenvalue weighted by Gasteiger charge is -2.17. The number of nitrogens with one attached hydrogen (secondary N) is 1. The summed E-state index contributed by atoms with van der Waals surface area (Å²) in [6.07, 6.45) is 0.493. The Labute approximate surface area is 103 Å². The van der Waals surface area contributed by atoms with Gasteiger partial charge >= 0.3 is 0 Å². The number of hydrogen-bond donors (Lipinski definition) is 2. The minimum absolute atomic E-state index is 0.0497. The molecule has 0 saturated heterocycles. The summed E-state index contributed by atoms with van der Waals surface area (Å²) in [6, 6.07) is 8.15. The van der Waals surface area contributed by atoms with Crippen molar-refractivity contribution in [3.8, 4) is 0 Å². The van der Waals surface area contributed by atoms with Crippen molar-refractivity contribution in [3.05, 3.63) is 35.4 Å². The number of aryl methyl sites for hydroxylation is 1. The van der Waals surface area contributed by atoms with E-state index < -0.39 is 0 Å². The van der Waals surface area contributed by atoms with Crippen LogP contribution in [0.25, 0.3) is 0 Å². The average molecular weight is 234 g/mol. The van der Waals surface area contributed by atoms with Crippen LogP contribution in [0.4, 0.5) is 0 Å². The van der Waals surface area contributed by atoms with Crippen molar-refractivity contribution in [2.24, 2.45) is 11.7 Å². The highest BCUT2D eigenvalue weighted by molar-refractivity contribution is 5.76. The van der Waals surface area contributed by atoms with E-state index in [4.69, 9.17) is 5.73 Å². The molecule has 0 saturated carbocycles. The summed E-state index contributed by atoms with van der Waals surface area (Å²) in [6.45, 7) is 6.60. The highest BCUT2D eigenvalue weighted by Crippen LogP contribution is 2.16. The minimum atomic E-state index is 0.0497. The Balaban J connectivity index is 2.58. The molecule has 94 valence electrons. The zero-order valence-electron chi connectivity index (χ0n) is 10.9. The van der Waals surface area contributed by atoms with Crippen LogP contribution in [0, 0.1) is 12.8 Å². The molecule has 0 aliphatic carbocycles. The first kappa shape index (κ1) is 13.7. The van der Waals surface area contributed by atoms with Gasteiger partial charge in [0.25, 0.3) is 0 Å². The summed E-state index contributed by atoms with van der Waals surface area (Å²) in [7, 11) is 0. The molecule has 1 aromatic carbocycles. The van der Waals surface area contributed by atoms with Gasteiger partial charge in [0.2, 0.25) is 5.91 Å². The summed E-state index contributed by atoms with van der Waals surface area (Å²) in [4.78, 5) is 11.7. The van der Waals surface area contributed by atoms with Gasteiger partial charge in [0.05, 0.1) is 6.04 Å². The zero-order chi connectivity index (χ0) is 12.8. The molecule has 17 heavy (non-hydrogen) atoms. The van der Waals surface area contributed by atoms with Crippen molar-refractivity contribution in [1.29, 1.82) is 0 Å². The summed E-state index contributed by atoms with van der Waals surface area (Å²) >= 11 is 0. The Morgan fingerprint density at radius 2 is 2.00 bits per heavy atom. The van der Waals surface area contributed by atoms with Crippen LogP contribution >= 0.6 is 0 Å². The first-order chi connectivity index (χ1) is 8.04. The van der Waals surface area contributed by atoms with Crippen LogP contribution in [0.5, 0.6) is 0 Å². The topological polar surface area (TPSA) is 55.1 Å². The lowest BCUT2D eigenvalue weighted by Crippen LogP contribution is -2.29. The zero-order valence-corrected chi connectivity index (χ0v) is 10.9. The molecule has 0 bridgehead atoms. The maximum absolute atomic E-state index is 11.7. The van der Waals surface area contributed by atoms with Crippen LogP contribution in [0.3, 0.4) is 0 Å². The SMILES string of the molecule is Cc1ccccc1[C@@H](C)NC(=O)CC(C)CN. The molecule has 0 radical (unpaired) electrons. The first-order valence-corrected chi connectivity index (χ1v) is 6.09. The summed E-state index contributed by atoms with van der Waals surface area (Å²) in [5.74, 6) is 0.303. The van der Waals surface area contributed by atoms with Gasteiger partial charge in [-0.05, 0) is 37.4 Å². The number of rotatable bonds is 5. The second-order valence-corrected chi connectivity index (χ2v) is 4.69. The largest absolute Gasteiger partial charge is 0.350 e. The third-order valence-corrected chi connectivity index (χ3v) is 2.97. The van der Waals surface area contributed by atoms with E-state index in [2.05, 4.69) is 18.3 Å². The van der Waals surface area contributed by atoms with Gasteiger partial charge in [0.15, 0.2) is 0 Å². The molecule has 2 atom stereocenters. The fraction of sp³-hybridized carbons (Fsp3) is 0.500. The fourth-order valence-corrected chi connectivity index (χ4v) is 1.85. The standard InChI is InChI=1S/C14H22N2O/c1-10(9-15)8-14(17)16-12(3)13-7-5-4-6-11(13)2/h4-7,10,12H,8-9,15H2,1-3H3,(H,16,17)/t10?,12-/m1/s1. The van der Waals surface area contributed by atoms with Crippen LogP contribution in [0.1, 0.15) is 37.4 Å². The van der Waals surface area contributed by atoms with E-state index in [1.807, 2.05) is 32.0 Å². The molecule has 3 nitrogen and oxygen atoms in total. The van der Waals surface area contributed by atoms with Gasteiger partial charge in [-0.25, -0.2) is 0 Å². The number of carbonyl (C=O) groups excluding carboxylic acids is 1. The third kappa shape index (κ3) is 4.19. The number of carbonyl (C=O) groups is 1. The summed E-state index contributed by atoms with van der Waals surface area (Å²) in [5.41, 5.74) is 7.88. The van der Waals surface area contributed by atoms with E-state index in [-0.39, 0.29) is 17.9 Å². The molecule has 1 aromatic rings. The molecule has 3 heteroatoms. The minimum Gasteiger partial charge on any atom is -0.350 e. The van der Waals surface area contributed by atoms with Crippen LogP contribution in [0.2, 0.25) is 0 Å². The molecule has 0 aliphatic rings. The van der Waals surface area contributed by atoms with Gasteiger partial charge in [0, 0.05) is 6.42 Å². The van der Waals surface area contributed by atoms with Crippen LogP contribution in [-0.2, 0) is 4.79 Å². The predicted octanol–water partition coefficient (Wildman–Crippen LogP) is 2.16.